The molecule has 3 aromatic rings. The number of ether oxygens (including phenoxy) is 1. The van der Waals surface area contributed by atoms with E-state index in [2.05, 4.69) is 40.5 Å². The summed E-state index contributed by atoms with van der Waals surface area (Å²) in [7, 11) is -3.38. The first kappa shape index (κ1) is 24.9. The van der Waals surface area contributed by atoms with E-state index in [4.69, 9.17) is 9.72 Å². The van der Waals surface area contributed by atoms with Gasteiger partial charge in [-0.3, -0.25) is 0 Å². The Hall–Kier alpha value is -2.82. The Morgan fingerprint density at radius 2 is 1.97 bits per heavy atom. The van der Waals surface area contributed by atoms with Crippen molar-refractivity contribution in [2.75, 3.05) is 31.1 Å². The molecular weight excluding hydrogens is 494 g/mol. The first-order valence-corrected chi connectivity index (χ1v) is 14.7. The van der Waals surface area contributed by atoms with E-state index in [-0.39, 0.29) is 6.10 Å². The second kappa shape index (κ2) is 10.7. The molecule has 36 heavy (non-hydrogen) atoms. The van der Waals surface area contributed by atoms with E-state index < -0.39 is 10.0 Å². The Labute approximate surface area is 216 Å². The Balaban J connectivity index is 1.20. The van der Waals surface area contributed by atoms with Gasteiger partial charge in [-0.25, -0.2) is 23.4 Å². The van der Waals surface area contributed by atoms with Crippen LogP contribution in [0.2, 0.25) is 0 Å². The number of aromatic nitrogens is 3. The highest BCUT2D eigenvalue weighted by Crippen LogP contribution is 2.33. The molecule has 2 aliphatic rings. The van der Waals surface area contributed by atoms with Gasteiger partial charge in [0.05, 0.1) is 10.2 Å². The maximum Gasteiger partial charge on any atom is 0.274 e. The fraction of sp³-hybridized carbons (Fsp3) is 0.423. The molecule has 0 unspecified atom stereocenters. The summed E-state index contributed by atoms with van der Waals surface area (Å²) in [6.45, 7) is 8.12. The normalized spacial score (nSPS) is 17.8. The number of nitrogens with zero attached hydrogens (tertiary/aromatic N) is 5. The van der Waals surface area contributed by atoms with E-state index in [9.17, 15) is 8.42 Å². The first-order valence-electron chi connectivity index (χ1n) is 12.4. The van der Waals surface area contributed by atoms with E-state index >= 15 is 0 Å². The van der Waals surface area contributed by atoms with Crippen LogP contribution in [0.5, 0.6) is 5.19 Å². The highest BCUT2D eigenvalue weighted by atomic mass is 32.2. The lowest BCUT2D eigenvalue weighted by atomic mass is 10.0. The van der Waals surface area contributed by atoms with Gasteiger partial charge in [0.1, 0.15) is 6.10 Å². The van der Waals surface area contributed by atoms with Gasteiger partial charge in [0.25, 0.3) is 5.19 Å². The molecule has 1 saturated heterocycles. The van der Waals surface area contributed by atoms with E-state index in [0.717, 1.165) is 71.5 Å². The number of rotatable bonds is 8. The maximum atomic E-state index is 12.0. The lowest BCUT2D eigenvalue weighted by Gasteiger charge is -2.31. The summed E-state index contributed by atoms with van der Waals surface area (Å²) in [4.78, 5) is 16.0. The van der Waals surface area contributed by atoms with Crippen molar-refractivity contribution < 1.29 is 13.2 Å². The third-order valence-corrected chi connectivity index (χ3v) is 9.09. The molecule has 8 nitrogen and oxygen atoms in total. The zero-order valence-electron chi connectivity index (χ0n) is 20.5. The molecule has 0 aliphatic carbocycles. The van der Waals surface area contributed by atoms with Crippen molar-refractivity contribution in [3.05, 3.63) is 59.8 Å². The molecule has 10 heteroatoms. The molecule has 1 aromatic carbocycles. The van der Waals surface area contributed by atoms with Gasteiger partial charge in [-0.2, -0.15) is 4.31 Å². The molecule has 190 valence electrons. The van der Waals surface area contributed by atoms with E-state index in [1.807, 2.05) is 24.5 Å². The summed E-state index contributed by atoms with van der Waals surface area (Å²) >= 11 is 1.56. The van der Waals surface area contributed by atoms with Gasteiger partial charge >= 0.3 is 0 Å². The Morgan fingerprint density at radius 3 is 2.64 bits per heavy atom. The van der Waals surface area contributed by atoms with Gasteiger partial charge in [-0.05, 0) is 41.7 Å². The van der Waals surface area contributed by atoms with Crippen molar-refractivity contribution in [1.29, 1.82) is 0 Å². The van der Waals surface area contributed by atoms with Gasteiger partial charge in [0, 0.05) is 56.8 Å². The minimum absolute atomic E-state index is 0.125. The number of hydrogen-bond donors (Lipinski definition) is 0. The molecule has 0 saturated carbocycles. The number of fused-ring (bicyclic) bond motifs is 1. The summed E-state index contributed by atoms with van der Waals surface area (Å²) in [6, 6.07) is 6.20. The van der Waals surface area contributed by atoms with Gasteiger partial charge in [-0.15, -0.1) is 0 Å². The van der Waals surface area contributed by atoms with Crippen LogP contribution in [0.3, 0.4) is 0 Å². The van der Waals surface area contributed by atoms with Crippen molar-refractivity contribution in [2.45, 2.75) is 45.1 Å². The standard InChI is InChI=1S/C26H31N5O3S2/c1-3-5-19-17-27-25(28-18-19)30-12-10-22(11-13-30)34-26-29-23-7-6-21(16-24(23)35-26)20-8-14-31(15-9-20)36(32,33)4-2/h4,6-8,16-18,22H,2-3,5,9-15H2,1H3. The largest absolute Gasteiger partial charge is 0.467 e. The van der Waals surface area contributed by atoms with Crippen molar-refractivity contribution in [2.24, 2.45) is 0 Å². The number of anilines is 1. The van der Waals surface area contributed by atoms with Crippen LogP contribution in [-0.4, -0.2) is 60.0 Å². The third-order valence-electron chi connectivity index (χ3n) is 6.70. The minimum atomic E-state index is -3.38. The lowest BCUT2D eigenvalue weighted by molar-refractivity contribution is 0.170. The molecule has 2 aromatic heterocycles. The quantitative estimate of drug-likeness (QED) is 0.423. The number of aryl methyl sites for hydroxylation is 1. The molecule has 2 aliphatic heterocycles. The van der Waals surface area contributed by atoms with Crippen molar-refractivity contribution in [3.63, 3.8) is 0 Å². The average molecular weight is 526 g/mol. The zero-order valence-corrected chi connectivity index (χ0v) is 22.1. The number of sulfonamides is 1. The van der Waals surface area contributed by atoms with Gasteiger partial charge in [0.15, 0.2) is 0 Å². The number of piperidine rings is 1. The smallest absolute Gasteiger partial charge is 0.274 e. The van der Waals surface area contributed by atoms with Crippen LogP contribution in [0.15, 0.2) is 48.7 Å². The molecule has 4 heterocycles. The minimum Gasteiger partial charge on any atom is -0.467 e. The van der Waals surface area contributed by atoms with Gasteiger partial charge in [-0.1, -0.05) is 43.4 Å². The van der Waals surface area contributed by atoms with Crippen LogP contribution < -0.4 is 9.64 Å². The molecule has 0 amide bonds. The highest BCUT2D eigenvalue weighted by molar-refractivity contribution is 7.92. The Bertz CT molecular complexity index is 1360. The molecular formula is C26H31N5O3S2. The van der Waals surface area contributed by atoms with Crippen LogP contribution in [0, 0.1) is 0 Å². The fourth-order valence-electron chi connectivity index (χ4n) is 4.65. The summed E-state index contributed by atoms with van der Waals surface area (Å²) in [5.41, 5.74) is 4.36. The second-order valence-corrected chi connectivity index (χ2v) is 12.0. The first-order chi connectivity index (χ1) is 17.4. The van der Waals surface area contributed by atoms with E-state index in [1.54, 1.807) is 11.3 Å². The zero-order chi connectivity index (χ0) is 25.1. The number of thiazole rings is 1. The molecule has 1 fully saturated rings. The van der Waals surface area contributed by atoms with Crippen LogP contribution in [-0.2, 0) is 16.4 Å². The Morgan fingerprint density at radius 1 is 1.19 bits per heavy atom. The lowest BCUT2D eigenvalue weighted by Crippen LogP contribution is -2.39. The van der Waals surface area contributed by atoms with Crippen LogP contribution in [0.4, 0.5) is 5.95 Å². The van der Waals surface area contributed by atoms with Gasteiger partial charge < -0.3 is 9.64 Å². The van der Waals surface area contributed by atoms with Gasteiger partial charge in [0.2, 0.25) is 16.0 Å². The number of benzene rings is 1. The van der Waals surface area contributed by atoms with Crippen molar-refractivity contribution in [1.82, 2.24) is 19.3 Å². The fourth-order valence-corrected chi connectivity index (χ4v) is 6.41. The maximum absolute atomic E-state index is 12.0. The highest BCUT2D eigenvalue weighted by Gasteiger charge is 2.24. The third kappa shape index (κ3) is 5.45. The summed E-state index contributed by atoms with van der Waals surface area (Å²) < 4.78 is 32.8. The van der Waals surface area contributed by atoms with Crippen molar-refractivity contribution >= 4 is 43.1 Å². The predicted molar refractivity (Wildman–Crippen MR) is 145 cm³/mol. The molecule has 0 radical (unpaired) electrons. The SMILES string of the molecule is C=CS(=O)(=O)N1CC=C(c2ccc3nc(OC4CCN(c5ncc(CCC)cn5)CC4)sc3c2)CC1. The van der Waals surface area contributed by atoms with Crippen LogP contribution >= 0.6 is 11.3 Å². The van der Waals surface area contributed by atoms with E-state index in [1.165, 1.54) is 9.87 Å². The van der Waals surface area contributed by atoms with E-state index in [0.29, 0.717) is 24.7 Å². The number of hydrogen-bond acceptors (Lipinski definition) is 8. The molecule has 5 rings (SSSR count). The monoisotopic (exact) mass is 525 g/mol. The average Bonchev–Trinajstić information content (AvgIpc) is 3.31. The van der Waals surface area contributed by atoms with Crippen LogP contribution in [0.25, 0.3) is 15.8 Å². The van der Waals surface area contributed by atoms with Crippen LogP contribution in [0.1, 0.15) is 43.7 Å². The molecule has 0 spiro atoms. The molecule has 0 bridgehead atoms. The Kier molecular flexibility index (Phi) is 7.36. The summed E-state index contributed by atoms with van der Waals surface area (Å²) in [5, 5.41) is 1.71. The predicted octanol–water partition coefficient (Wildman–Crippen LogP) is 4.65. The van der Waals surface area contributed by atoms with Crippen molar-refractivity contribution in [3.8, 4) is 5.19 Å². The molecule has 0 N–H and O–H groups in total. The topological polar surface area (TPSA) is 88.5 Å². The second-order valence-electron chi connectivity index (χ2n) is 9.16. The molecule has 0 atom stereocenters. The summed E-state index contributed by atoms with van der Waals surface area (Å²) in [6.07, 6.45) is 10.6. The summed E-state index contributed by atoms with van der Waals surface area (Å²) in [5.74, 6) is 0.794.